The zero-order valence-electron chi connectivity index (χ0n) is 16.2. The molecule has 1 amide bonds. The van der Waals surface area contributed by atoms with Gasteiger partial charge in [0.1, 0.15) is 12.4 Å². The van der Waals surface area contributed by atoms with Gasteiger partial charge in [0, 0.05) is 11.6 Å². The fourth-order valence-corrected chi connectivity index (χ4v) is 2.71. The number of ether oxygens (including phenoxy) is 1. The number of aromatic amines is 1. The minimum absolute atomic E-state index is 0.0237. The maximum atomic E-state index is 12.4. The molecule has 0 saturated heterocycles. The van der Waals surface area contributed by atoms with Crippen LogP contribution in [0.2, 0.25) is 5.02 Å². The van der Waals surface area contributed by atoms with Crippen molar-refractivity contribution in [3.05, 3.63) is 92.6 Å². The van der Waals surface area contributed by atoms with E-state index in [9.17, 15) is 19.5 Å². The van der Waals surface area contributed by atoms with Crippen molar-refractivity contribution in [2.75, 3.05) is 0 Å². The van der Waals surface area contributed by atoms with E-state index < -0.39 is 34.9 Å². The second-order valence-corrected chi connectivity index (χ2v) is 6.96. The van der Waals surface area contributed by atoms with E-state index in [1.807, 2.05) is 6.07 Å². The molecule has 0 bridgehead atoms. The van der Waals surface area contributed by atoms with E-state index in [-0.39, 0.29) is 19.0 Å². The summed E-state index contributed by atoms with van der Waals surface area (Å²) in [7, 11) is 0. The first-order valence-electron chi connectivity index (χ1n) is 9.17. The lowest BCUT2D eigenvalue weighted by atomic mass is 10.2. The molecule has 1 atom stereocenters. The van der Waals surface area contributed by atoms with Crippen LogP contribution in [0, 0.1) is 0 Å². The van der Waals surface area contributed by atoms with E-state index in [0.29, 0.717) is 5.02 Å². The van der Waals surface area contributed by atoms with E-state index in [2.05, 4.69) is 15.3 Å². The molecule has 1 heterocycles. The van der Waals surface area contributed by atoms with Crippen LogP contribution in [0.25, 0.3) is 0 Å². The van der Waals surface area contributed by atoms with Gasteiger partial charge in [0.15, 0.2) is 11.7 Å². The van der Waals surface area contributed by atoms with E-state index in [0.717, 1.165) is 11.1 Å². The van der Waals surface area contributed by atoms with Gasteiger partial charge in [0.2, 0.25) is 5.75 Å². The van der Waals surface area contributed by atoms with Crippen molar-refractivity contribution in [2.24, 2.45) is 5.73 Å². The molecule has 0 radical (unpaired) electrons. The van der Waals surface area contributed by atoms with E-state index >= 15 is 0 Å². The van der Waals surface area contributed by atoms with Gasteiger partial charge < -0.3 is 25.9 Å². The molecule has 0 saturated carbocycles. The Kier molecular flexibility index (Phi) is 7.01. The van der Waals surface area contributed by atoms with Crippen LogP contribution in [0.15, 0.2) is 59.4 Å². The SMILES string of the molecule is NC(C(=O)OCc1ccccc1)c1nc(C(=O)NCc2ccc(Cl)cc2)c(O)c(=O)[nH]1. The summed E-state index contributed by atoms with van der Waals surface area (Å²) in [5.41, 5.74) is 5.76. The third-order valence-electron chi connectivity index (χ3n) is 4.27. The predicted octanol–water partition coefficient (Wildman–Crippen LogP) is 1.80. The lowest BCUT2D eigenvalue weighted by molar-refractivity contribution is -0.146. The van der Waals surface area contributed by atoms with Gasteiger partial charge in [0.25, 0.3) is 11.5 Å². The largest absolute Gasteiger partial charge is 0.501 e. The first-order valence-corrected chi connectivity index (χ1v) is 9.55. The number of esters is 1. The van der Waals surface area contributed by atoms with E-state index in [1.54, 1.807) is 48.5 Å². The van der Waals surface area contributed by atoms with Gasteiger partial charge in [-0.3, -0.25) is 9.59 Å². The molecule has 5 N–H and O–H groups in total. The van der Waals surface area contributed by atoms with Gasteiger partial charge in [-0.05, 0) is 23.3 Å². The molecule has 3 rings (SSSR count). The summed E-state index contributed by atoms with van der Waals surface area (Å²) >= 11 is 5.82. The van der Waals surface area contributed by atoms with Gasteiger partial charge in [-0.2, -0.15) is 0 Å². The molecular formula is C21H19ClN4O5. The Morgan fingerprint density at radius 2 is 1.81 bits per heavy atom. The molecular weight excluding hydrogens is 424 g/mol. The Balaban J connectivity index is 1.71. The van der Waals surface area contributed by atoms with Crippen molar-refractivity contribution in [3.8, 4) is 5.75 Å². The number of rotatable bonds is 7. The number of nitrogens with one attached hydrogen (secondary N) is 2. The number of benzene rings is 2. The maximum absolute atomic E-state index is 12.4. The number of aromatic hydroxyl groups is 1. The minimum atomic E-state index is -1.46. The standard InChI is InChI=1S/C21H19ClN4O5/c22-14-8-6-12(7-9-14)10-24-19(28)16-17(27)20(29)26-18(25-16)15(23)21(30)31-11-13-4-2-1-3-5-13/h1-9,15,27H,10-11,23H2,(H,24,28)(H,25,26,29). The molecule has 0 aliphatic heterocycles. The number of aromatic nitrogens is 2. The normalized spacial score (nSPS) is 11.5. The highest BCUT2D eigenvalue weighted by Crippen LogP contribution is 2.14. The number of hydrogen-bond acceptors (Lipinski definition) is 7. The van der Waals surface area contributed by atoms with Gasteiger partial charge >= 0.3 is 5.97 Å². The molecule has 1 unspecified atom stereocenters. The monoisotopic (exact) mass is 442 g/mol. The van der Waals surface area contributed by atoms with Gasteiger partial charge in [-0.15, -0.1) is 0 Å². The van der Waals surface area contributed by atoms with Crippen molar-refractivity contribution >= 4 is 23.5 Å². The zero-order valence-corrected chi connectivity index (χ0v) is 16.9. The highest BCUT2D eigenvalue weighted by atomic mass is 35.5. The third-order valence-corrected chi connectivity index (χ3v) is 4.52. The van der Waals surface area contributed by atoms with Crippen molar-refractivity contribution in [3.63, 3.8) is 0 Å². The van der Waals surface area contributed by atoms with Crippen LogP contribution in [0.5, 0.6) is 5.75 Å². The molecule has 160 valence electrons. The Hall–Kier alpha value is -3.69. The average Bonchev–Trinajstić information content (AvgIpc) is 2.78. The quantitative estimate of drug-likeness (QED) is 0.408. The molecule has 0 aliphatic carbocycles. The molecule has 9 nitrogen and oxygen atoms in total. The molecule has 31 heavy (non-hydrogen) atoms. The lowest BCUT2D eigenvalue weighted by Gasteiger charge is -2.13. The Labute approximate surface area is 181 Å². The van der Waals surface area contributed by atoms with Crippen molar-refractivity contribution in [1.29, 1.82) is 0 Å². The Bertz CT molecular complexity index is 1130. The molecule has 0 fully saturated rings. The number of nitrogens with two attached hydrogens (primary N) is 1. The molecule has 0 spiro atoms. The van der Waals surface area contributed by atoms with E-state index in [1.165, 1.54) is 0 Å². The van der Waals surface area contributed by atoms with Crippen molar-refractivity contribution in [1.82, 2.24) is 15.3 Å². The number of amides is 1. The summed E-state index contributed by atoms with van der Waals surface area (Å²) in [6.45, 7) is 0.0779. The summed E-state index contributed by atoms with van der Waals surface area (Å²) < 4.78 is 5.13. The highest BCUT2D eigenvalue weighted by molar-refractivity contribution is 6.30. The highest BCUT2D eigenvalue weighted by Gasteiger charge is 2.25. The average molecular weight is 443 g/mol. The maximum Gasteiger partial charge on any atom is 0.331 e. The summed E-state index contributed by atoms with van der Waals surface area (Å²) in [4.78, 5) is 42.8. The smallest absolute Gasteiger partial charge is 0.331 e. The zero-order chi connectivity index (χ0) is 22.4. The predicted molar refractivity (Wildman–Crippen MR) is 112 cm³/mol. The van der Waals surface area contributed by atoms with Crippen LogP contribution in [0.3, 0.4) is 0 Å². The number of carbonyl (C=O) groups excluding carboxylic acids is 2. The first-order chi connectivity index (χ1) is 14.8. The number of halogens is 1. The Morgan fingerprint density at radius 3 is 2.48 bits per heavy atom. The molecule has 0 aliphatic rings. The lowest BCUT2D eigenvalue weighted by Crippen LogP contribution is -2.31. The number of hydrogen-bond donors (Lipinski definition) is 4. The molecule has 1 aromatic heterocycles. The van der Waals surface area contributed by atoms with Crippen LogP contribution >= 0.6 is 11.6 Å². The molecule has 2 aromatic carbocycles. The van der Waals surface area contributed by atoms with Crippen LogP contribution < -0.4 is 16.6 Å². The fourth-order valence-electron chi connectivity index (χ4n) is 2.59. The number of carbonyl (C=O) groups is 2. The van der Waals surface area contributed by atoms with Crippen molar-refractivity contribution < 1.29 is 19.4 Å². The van der Waals surface area contributed by atoms with E-state index in [4.69, 9.17) is 22.1 Å². The van der Waals surface area contributed by atoms with Crippen LogP contribution in [-0.2, 0) is 22.7 Å². The Morgan fingerprint density at radius 1 is 1.13 bits per heavy atom. The summed E-state index contributed by atoms with van der Waals surface area (Å²) in [5.74, 6) is -2.87. The summed E-state index contributed by atoms with van der Waals surface area (Å²) in [6.07, 6.45) is 0. The fraction of sp³-hybridized carbons (Fsp3) is 0.143. The van der Waals surface area contributed by atoms with Crippen LogP contribution in [0.1, 0.15) is 33.5 Å². The second-order valence-electron chi connectivity index (χ2n) is 6.53. The van der Waals surface area contributed by atoms with Gasteiger partial charge in [-0.25, -0.2) is 9.78 Å². The first kappa shape index (κ1) is 22.0. The summed E-state index contributed by atoms with van der Waals surface area (Å²) in [5, 5.41) is 13.0. The molecule has 3 aromatic rings. The third kappa shape index (κ3) is 5.68. The second kappa shape index (κ2) is 9.88. The number of nitrogens with zero attached hydrogens (tertiary/aromatic N) is 1. The number of H-pyrrole nitrogens is 1. The van der Waals surface area contributed by atoms with Crippen LogP contribution in [0.4, 0.5) is 0 Å². The minimum Gasteiger partial charge on any atom is -0.501 e. The van der Waals surface area contributed by atoms with Gasteiger partial charge in [0.05, 0.1) is 0 Å². The van der Waals surface area contributed by atoms with Gasteiger partial charge in [-0.1, -0.05) is 54.1 Å². The van der Waals surface area contributed by atoms with Crippen molar-refractivity contribution in [2.45, 2.75) is 19.2 Å². The summed E-state index contributed by atoms with van der Waals surface area (Å²) in [6, 6.07) is 14.2. The topological polar surface area (TPSA) is 147 Å². The molecule has 10 heteroatoms. The van der Waals surface area contributed by atoms with Crippen LogP contribution in [-0.4, -0.2) is 27.0 Å².